The van der Waals surface area contributed by atoms with Gasteiger partial charge in [0.1, 0.15) is 5.69 Å². The summed E-state index contributed by atoms with van der Waals surface area (Å²) >= 11 is 0. The number of rotatable bonds is 4. The standard InChI is InChI=1S/C23H18FN5O2/c24-18-15-17(27-13-4-7-22(27)31)8-9-19(18)28-14-11-21(30)23(26-28)20-10-12-25-29(20)16-5-2-1-3-6-16/h1-3,5-6,8-12,14-15H,4,7,13H2. The molecule has 31 heavy (non-hydrogen) atoms. The fourth-order valence-corrected chi connectivity index (χ4v) is 3.75. The average Bonchev–Trinajstić information content (AvgIpc) is 3.44. The second-order valence-corrected chi connectivity index (χ2v) is 7.22. The first-order chi connectivity index (χ1) is 15.1. The first kappa shape index (κ1) is 18.9. The summed E-state index contributed by atoms with van der Waals surface area (Å²) in [4.78, 5) is 26.1. The third kappa shape index (κ3) is 3.42. The minimum Gasteiger partial charge on any atom is -0.312 e. The van der Waals surface area contributed by atoms with Crippen LogP contribution in [-0.2, 0) is 4.79 Å². The number of para-hydroxylation sites is 1. The molecule has 1 amide bonds. The number of carbonyl (C=O) groups excluding carboxylic acids is 1. The van der Waals surface area contributed by atoms with E-state index in [0.29, 0.717) is 24.3 Å². The monoisotopic (exact) mass is 415 g/mol. The van der Waals surface area contributed by atoms with Crippen molar-refractivity contribution in [2.45, 2.75) is 12.8 Å². The first-order valence-corrected chi connectivity index (χ1v) is 9.92. The van der Waals surface area contributed by atoms with E-state index in [1.807, 2.05) is 30.3 Å². The van der Waals surface area contributed by atoms with Crippen molar-refractivity contribution >= 4 is 11.6 Å². The maximum absolute atomic E-state index is 14.9. The van der Waals surface area contributed by atoms with Crippen molar-refractivity contribution in [1.82, 2.24) is 19.6 Å². The number of aromatic nitrogens is 4. The predicted molar refractivity (Wildman–Crippen MR) is 114 cm³/mol. The van der Waals surface area contributed by atoms with E-state index in [0.717, 1.165) is 12.1 Å². The zero-order chi connectivity index (χ0) is 21.4. The van der Waals surface area contributed by atoms with Crippen molar-refractivity contribution in [1.29, 1.82) is 0 Å². The molecule has 0 bridgehead atoms. The molecule has 1 aliphatic heterocycles. The van der Waals surface area contributed by atoms with Crippen molar-refractivity contribution in [3.63, 3.8) is 0 Å². The Hall–Kier alpha value is -4.07. The number of benzene rings is 2. The molecule has 154 valence electrons. The van der Waals surface area contributed by atoms with E-state index in [2.05, 4.69) is 10.2 Å². The summed E-state index contributed by atoms with van der Waals surface area (Å²) in [6.45, 7) is 0.585. The highest BCUT2D eigenvalue weighted by molar-refractivity contribution is 5.95. The summed E-state index contributed by atoms with van der Waals surface area (Å²) in [6, 6.07) is 17.0. The average molecular weight is 415 g/mol. The molecule has 2 aromatic carbocycles. The fourth-order valence-electron chi connectivity index (χ4n) is 3.75. The Labute approximate surface area is 177 Å². The largest absolute Gasteiger partial charge is 0.312 e. The van der Waals surface area contributed by atoms with Gasteiger partial charge in [-0.25, -0.2) is 13.8 Å². The van der Waals surface area contributed by atoms with Crippen LogP contribution in [0.15, 0.2) is 77.9 Å². The highest BCUT2D eigenvalue weighted by atomic mass is 19.1. The van der Waals surface area contributed by atoms with E-state index in [9.17, 15) is 14.0 Å². The van der Waals surface area contributed by atoms with Crippen LogP contribution in [-0.4, -0.2) is 32.0 Å². The molecule has 0 N–H and O–H groups in total. The summed E-state index contributed by atoms with van der Waals surface area (Å²) in [7, 11) is 0. The lowest BCUT2D eigenvalue weighted by molar-refractivity contribution is -0.117. The third-order valence-electron chi connectivity index (χ3n) is 5.26. The van der Waals surface area contributed by atoms with Gasteiger partial charge in [0.15, 0.2) is 11.5 Å². The summed E-state index contributed by atoms with van der Waals surface area (Å²) < 4.78 is 17.9. The van der Waals surface area contributed by atoms with Gasteiger partial charge in [-0.15, -0.1) is 0 Å². The number of nitrogens with zero attached hydrogens (tertiary/aromatic N) is 5. The van der Waals surface area contributed by atoms with Gasteiger partial charge in [0.25, 0.3) is 0 Å². The molecule has 1 aliphatic rings. The molecule has 0 atom stereocenters. The molecule has 3 heterocycles. The Bertz CT molecular complexity index is 1330. The molecule has 0 radical (unpaired) electrons. The number of carbonyl (C=O) groups is 1. The maximum Gasteiger partial charge on any atom is 0.227 e. The van der Waals surface area contributed by atoms with Gasteiger partial charge in [0.2, 0.25) is 11.3 Å². The molecule has 0 spiro atoms. The number of amides is 1. The lowest BCUT2D eigenvalue weighted by Gasteiger charge is -2.17. The highest BCUT2D eigenvalue weighted by Crippen LogP contribution is 2.25. The molecule has 2 aromatic heterocycles. The number of anilines is 1. The minimum atomic E-state index is -0.532. The van der Waals surface area contributed by atoms with E-state index < -0.39 is 5.82 Å². The normalized spacial score (nSPS) is 13.7. The van der Waals surface area contributed by atoms with Gasteiger partial charge in [-0.3, -0.25) is 9.59 Å². The van der Waals surface area contributed by atoms with Gasteiger partial charge in [-0.1, -0.05) is 18.2 Å². The van der Waals surface area contributed by atoms with Crippen LogP contribution in [0.25, 0.3) is 22.8 Å². The molecule has 1 saturated heterocycles. The zero-order valence-electron chi connectivity index (χ0n) is 16.5. The Kier molecular flexibility index (Phi) is 4.66. The lowest BCUT2D eigenvalue weighted by Crippen LogP contribution is -2.24. The van der Waals surface area contributed by atoms with Crippen molar-refractivity contribution < 1.29 is 9.18 Å². The maximum atomic E-state index is 14.9. The number of hydrogen-bond acceptors (Lipinski definition) is 4. The molecule has 7 nitrogen and oxygen atoms in total. The quantitative estimate of drug-likeness (QED) is 0.512. The van der Waals surface area contributed by atoms with Gasteiger partial charge < -0.3 is 4.90 Å². The molecule has 0 aliphatic carbocycles. The molecule has 4 aromatic rings. The van der Waals surface area contributed by atoms with E-state index in [-0.39, 0.29) is 22.7 Å². The van der Waals surface area contributed by atoms with Crippen LogP contribution < -0.4 is 10.3 Å². The third-order valence-corrected chi connectivity index (χ3v) is 5.26. The number of hydrogen-bond donors (Lipinski definition) is 0. The van der Waals surface area contributed by atoms with Crippen LogP contribution in [0.2, 0.25) is 0 Å². The lowest BCUT2D eigenvalue weighted by atomic mass is 10.2. The Morgan fingerprint density at radius 2 is 1.77 bits per heavy atom. The molecule has 0 unspecified atom stereocenters. The van der Waals surface area contributed by atoms with Crippen LogP contribution in [0.4, 0.5) is 10.1 Å². The molecule has 5 rings (SSSR count). The Balaban J connectivity index is 1.56. The topological polar surface area (TPSA) is 73.0 Å². The molecular formula is C23H18FN5O2. The smallest absolute Gasteiger partial charge is 0.227 e. The Morgan fingerprint density at radius 1 is 0.935 bits per heavy atom. The molecule has 8 heteroatoms. The molecule has 0 saturated carbocycles. The highest BCUT2D eigenvalue weighted by Gasteiger charge is 2.23. The van der Waals surface area contributed by atoms with Crippen LogP contribution >= 0.6 is 0 Å². The van der Waals surface area contributed by atoms with Gasteiger partial charge in [-0.2, -0.15) is 10.2 Å². The van der Waals surface area contributed by atoms with Crippen molar-refractivity contribution in [2.75, 3.05) is 11.4 Å². The van der Waals surface area contributed by atoms with Gasteiger partial charge >= 0.3 is 0 Å². The minimum absolute atomic E-state index is 0.00917. The second-order valence-electron chi connectivity index (χ2n) is 7.22. The van der Waals surface area contributed by atoms with Crippen LogP contribution in [0.1, 0.15) is 12.8 Å². The summed E-state index contributed by atoms with van der Waals surface area (Å²) in [5, 5.41) is 8.70. The van der Waals surface area contributed by atoms with E-state index in [4.69, 9.17) is 0 Å². The van der Waals surface area contributed by atoms with Crippen molar-refractivity contribution in [2.24, 2.45) is 0 Å². The van der Waals surface area contributed by atoms with Crippen LogP contribution in [0.3, 0.4) is 0 Å². The van der Waals surface area contributed by atoms with Gasteiger partial charge in [0, 0.05) is 30.9 Å². The molecular weight excluding hydrogens is 397 g/mol. The van der Waals surface area contributed by atoms with Crippen molar-refractivity contribution in [3.8, 4) is 22.8 Å². The van der Waals surface area contributed by atoms with Crippen LogP contribution in [0, 0.1) is 5.82 Å². The van der Waals surface area contributed by atoms with Gasteiger partial charge in [0.05, 0.1) is 17.6 Å². The molecule has 1 fully saturated rings. The Morgan fingerprint density at radius 3 is 2.52 bits per heavy atom. The second kappa shape index (κ2) is 7.64. The zero-order valence-corrected chi connectivity index (χ0v) is 16.5. The van der Waals surface area contributed by atoms with Crippen LogP contribution in [0.5, 0.6) is 0 Å². The summed E-state index contributed by atoms with van der Waals surface area (Å²) in [5.74, 6) is -0.541. The van der Waals surface area contributed by atoms with E-state index in [1.165, 1.54) is 23.0 Å². The fraction of sp³-hybridized carbons (Fsp3) is 0.130. The predicted octanol–water partition coefficient (Wildman–Crippen LogP) is 3.35. The first-order valence-electron chi connectivity index (χ1n) is 9.92. The van der Waals surface area contributed by atoms with Gasteiger partial charge in [-0.05, 0) is 42.8 Å². The number of halogens is 1. The van der Waals surface area contributed by atoms with E-state index >= 15 is 0 Å². The van der Waals surface area contributed by atoms with E-state index in [1.54, 1.807) is 34.0 Å². The SMILES string of the molecule is O=C1CCCN1c1ccc(-n2ccc(=O)c(-c3ccnn3-c3ccccc3)n2)c(F)c1. The summed E-state index contributed by atoms with van der Waals surface area (Å²) in [6.07, 6.45) is 4.25. The van der Waals surface area contributed by atoms with Crippen molar-refractivity contribution in [3.05, 3.63) is 89.1 Å². The summed E-state index contributed by atoms with van der Waals surface area (Å²) in [5.41, 5.74) is 1.85.